The van der Waals surface area contributed by atoms with E-state index in [4.69, 9.17) is 20.1 Å². The monoisotopic (exact) mass is 296 g/mol. The van der Waals surface area contributed by atoms with Gasteiger partial charge >= 0.3 is 0 Å². The molecule has 0 amide bonds. The average Bonchev–Trinajstić information content (AvgIpc) is 2.47. The maximum Gasteiger partial charge on any atom is 0.161 e. The first-order valence-electron chi connectivity index (χ1n) is 7.38. The minimum atomic E-state index is -0.262. The van der Waals surface area contributed by atoms with E-state index in [0.29, 0.717) is 13.2 Å². The highest BCUT2D eigenvalue weighted by molar-refractivity contribution is 5.44. The molecule has 3 N–H and O–H groups in total. The molecule has 0 aliphatic rings. The SMILES string of the molecule is CCOc1ccc(C(CC(C)(C)OC)NN)cc1OCC. The maximum atomic E-state index is 5.71. The van der Waals surface area contributed by atoms with Gasteiger partial charge in [0.1, 0.15) is 0 Å². The first-order chi connectivity index (χ1) is 9.97. The molecule has 0 radical (unpaired) electrons. The molecule has 1 rings (SSSR count). The van der Waals surface area contributed by atoms with Crippen molar-refractivity contribution in [2.45, 2.75) is 45.8 Å². The van der Waals surface area contributed by atoms with Crippen molar-refractivity contribution in [3.63, 3.8) is 0 Å². The summed E-state index contributed by atoms with van der Waals surface area (Å²) >= 11 is 0. The normalized spacial score (nSPS) is 13.0. The van der Waals surface area contributed by atoms with Gasteiger partial charge in [0.2, 0.25) is 0 Å². The van der Waals surface area contributed by atoms with Crippen LogP contribution in [0.2, 0.25) is 0 Å². The summed E-state index contributed by atoms with van der Waals surface area (Å²) in [4.78, 5) is 0. The van der Waals surface area contributed by atoms with Gasteiger partial charge in [-0.25, -0.2) is 0 Å². The van der Waals surface area contributed by atoms with Gasteiger partial charge in [-0.2, -0.15) is 0 Å². The number of hydrazine groups is 1. The number of nitrogens with one attached hydrogen (secondary N) is 1. The van der Waals surface area contributed by atoms with Crippen LogP contribution in [0.4, 0.5) is 0 Å². The summed E-state index contributed by atoms with van der Waals surface area (Å²) in [6.45, 7) is 9.18. The lowest BCUT2D eigenvalue weighted by Crippen LogP contribution is -2.35. The van der Waals surface area contributed by atoms with Crippen LogP contribution in [0.1, 0.15) is 45.7 Å². The van der Waals surface area contributed by atoms with Gasteiger partial charge in [0.05, 0.1) is 18.8 Å². The summed E-state index contributed by atoms with van der Waals surface area (Å²) in [5.74, 6) is 7.21. The van der Waals surface area contributed by atoms with Crippen molar-refractivity contribution in [2.24, 2.45) is 5.84 Å². The molecule has 0 aliphatic carbocycles. The van der Waals surface area contributed by atoms with E-state index in [1.807, 2.05) is 45.9 Å². The third-order valence-electron chi connectivity index (χ3n) is 3.42. The van der Waals surface area contributed by atoms with Gasteiger partial charge in [-0.15, -0.1) is 0 Å². The van der Waals surface area contributed by atoms with E-state index in [-0.39, 0.29) is 11.6 Å². The van der Waals surface area contributed by atoms with E-state index in [2.05, 4.69) is 5.43 Å². The topological polar surface area (TPSA) is 65.7 Å². The fourth-order valence-corrected chi connectivity index (χ4v) is 2.13. The summed E-state index contributed by atoms with van der Waals surface area (Å²) in [6.07, 6.45) is 0.750. The number of nitrogens with two attached hydrogens (primary N) is 1. The standard InChI is InChI=1S/C16H28N2O3/c1-6-20-14-9-8-12(10-15(14)21-7-2)13(18-17)11-16(3,4)19-5/h8-10,13,18H,6-7,11,17H2,1-5H3. The predicted molar refractivity (Wildman–Crippen MR) is 84.5 cm³/mol. The molecule has 5 nitrogen and oxygen atoms in total. The number of hydrogen-bond donors (Lipinski definition) is 2. The smallest absolute Gasteiger partial charge is 0.161 e. The van der Waals surface area contributed by atoms with Crippen molar-refractivity contribution in [3.8, 4) is 11.5 Å². The van der Waals surface area contributed by atoms with E-state index in [9.17, 15) is 0 Å². The Bertz CT molecular complexity index is 436. The predicted octanol–water partition coefficient (Wildman–Crippen LogP) is 2.80. The van der Waals surface area contributed by atoms with Gasteiger partial charge in [0.15, 0.2) is 11.5 Å². The fraction of sp³-hybridized carbons (Fsp3) is 0.625. The molecule has 0 saturated carbocycles. The van der Waals surface area contributed by atoms with E-state index < -0.39 is 0 Å². The Morgan fingerprint density at radius 3 is 2.29 bits per heavy atom. The van der Waals surface area contributed by atoms with Gasteiger partial charge in [0, 0.05) is 13.2 Å². The highest BCUT2D eigenvalue weighted by Crippen LogP contribution is 2.33. The molecule has 1 aromatic rings. The molecule has 0 spiro atoms. The molecule has 1 aromatic carbocycles. The van der Waals surface area contributed by atoms with Crippen molar-refractivity contribution in [2.75, 3.05) is 20.3 Å². The molecule has 0 aromatic heterocycles. The highest BCUT2D eigenvalue weighted by Gasteiger charge is 2.24. The Morgan fingerprint density at radius 1 is 1.14 bits per heavy atom. The Hall–Kier alpha value is -1.30. The summed E-state index contributed by atoms with van der Waals surface area (Å²) in [5, 5.41) is 0. The van der Waals surface area contributed by atoms with Crippen LogP contribution >= 0.6 is 0 Å². The molecule has 120 valence electrons. The van der Waals surface area contributed by atoms with Crippen LogP contribution in [0.5, 0.6) is 11.5 Å². The molecular formula is C16H28N2O3. The molecule has 0 bridgehead atoms. The minimum absolute atomic E-state index is 0.0187. The van der Waals surface area contributed by atoms with Gasteiger partial charge in [-0.3, -0.25) is 11.3 Å². The molecule has 1 atom stereocenters. The van der Waals surface area contributed by atoms with Gasteiger partial charge in [0.25, 0.3) is 0 Å². The van der Waals surface area contributed by atoms with E-state index in [1.54, 1.807) is 7.11 Å². The zero-order valence-corrected chi connectivity index (χ0v) is 13.7. The van der Waals surface area contributed by atoms with Crippen molar-refractivity contribution in [1.29, 1.82) is 0 Å². The van der Waals surface area contributed by atoms with Crippen LogP contribution in [0.25, 0.3) is 0 Å². The molecule has 21 heavy (non-hydrogen) atoms. The molecule has 0 heterocycles. The van der Waals surface area contributed by atoms with Gasteiger partial charge in [-0.05, 0) is 51.8 Å². The first kappa shape index (κ1) is 17.8. The van der Waals surface area contributed by atoms with Crippen LogP contribution in [-0.2, 0) is 4.74 Å². The largest absolute Gasteiger partial charge is 0.490 e. The summed E-state index contributed by atoms with van der Waals surface area (Å²) in [6, 6.07) is 5.89. The second-order valence-corrected chi connectivity index (χ2v) is 5.46. The number of rotatable bonds is 9. The third kappa shape index (κ3) is 5.19. The van der Waals surface area contributed by atoms with Crippen LogP contribution in [-0.4, -0.2) is 25.9 Å². The lowest BCUT2D eigenvalue weighted by atomic mass is 9.94. The fourth-order valence-electron chi connectivity index (χ4n) is 2.13. The van der Waals surface area contributed by atoms with Gasteiger partial charge < -0.3 is 14.2 Å². The van der Waals surface area contributed by atoms with E-state index in [0.717, 1.165) is 23.5 Å². The minimum Gasteiger partial charge on any atom is -0.490 e. The molecule has 0 saturated heterocycles. The number of hydrogen-bond acceptors (Lipinski definition) is 5. The van der Waals surface area contributed by atoms with Gasteiger partial charge in [-0.1, -0.05) is 6.07 Å². The summed E-state index contributed by atoms with van der Waals surface area (Å²) in [5.41, 5.74) is 3.64. The quantitative estimate of drug-likeness (QED) is 0.542. The van der Waals surface area contributed by atoms with Crippen molar-refractivity contribution in [3.05, 3.63) is 23.8 Å². The van der Waals surface area contributed by atoms with Crippen LogP contribution < -0.4 is 20.7 Å². The zero-order chi connectivity index (χ0) is 15.9. The summed E-state index contributed by atoms with van der Waals surface area (Å²) in [7, 11) is 1.71. The first-order valence-corrected chi connectivity index (χ1v) is 7.38. The molecule has 0 fully saturated rings. The van der Waals surface area contributed by atoms with Crippen LogP contribution in [0, 0.1) is 0 Å². The summed E-state index contributed by atoms with van der Waals surface area (Å²) < 4.78 is 16.7. The lowest BCUT2D eigenvalue weighted by Gasteiger charge is -2.28. The Morgan fingerprint density at radius 2 is 1.76 bits per heavy atom. The maximum absolute atomic E-state index is 5.71. The molecular weight excluding hydrogens is 268 g/mol. The van der Waals surface area contributed by atoms with Crippen molar-refractivity contribution in [1.82, 2.24) is 5.43 Å². The number of ether oxygens (including phenoxy) is 3. The average molecular weight is 296 g/mol. The van der Waals surface area contributed by atoms with Crippen LogP contribution in [0.3, 0.4) is 0 Å². The van der Waals surface area contributed by atoms with E-state index in [1.165, 1.54) is 0 Å². The Balaban J connectivity index is 3.01. The molecule has 1 unspecified atom stereocenters. The highest BCUT2D eigenvalue weighted by atomic mass is 16.5. The second-order valence-electron chi connectivity index (χ2n) is 5.46. The second kappa shape index (κ2) is 8.22. The Kier molecular flexibility index (Phi) is 6.95. The Labute approximate surface area is 127 Å². The van der Waals surface area contributed by atoms with Crippen molar-refractivity contribution >= 4 is 0 Å². The number of methoxy groups -OCH3 is 1. The zero-order valence-electron chi connectivity index (χ0n) is 13.7. The number of benzene rings is 1. The lowest BCUT2D eigenvalue weighted by molar-refractivity contribution is 0.00679. The molecule has 5 heteroatoms. The van der Waals surface area contributed by atoms with E-state index >= 15 is 0 Å². The third-order valence-corrected chi connectivity index (χ3v) is 3.42. The van der Waals surface area contributed by atoms with Crippen LogP contribution in [0.15, 0.2) is 18.2 Å². The molecule has 0 aliphatic heterocycles. The van der Waals surface area contributed by atoms with Crippen molar-refractivity contribution < 1.29 is 14.2 Å².